The molecule has 5 heteroatoms. The van der Waals surface area contributed by atoms with Gasteiger partial charge in [0.2, 0.25) is 11.8 Å². The van der Waals surface area contributed by atoms with Crippen molar-refractivity contribution in [3.05, 3.63) is 30.3 Å². The van der Waals surface area contributed by atoms with Crippen molar-refractivity contribution in [1.82, 2.24) is 4.90 Å². The minimum atomic E-state index is -0.382. The van der Waals surface area contributed by atoms with E-state index in [2.05, 4.69) is 4.90 Å². The van der Waals surface area contributed by atoms with E-state index in [0.29, 0.717) is 19.5 Å². The topological polar surface area (TPSA) is 40.6 Å². The lowest BCUT2D eigenvalue weighted by Gasteiger charge is -2.24. The highest BCUT2D eigenvalue weighted by Crippen LogP contribution is 2.44. The molecule has 0 radical (unpaired) electrons. The van der Waals surface area contributed by atoms with E-state index >= 15 is 0 Å². The Morgan fingerprint density at radius 1 is 1.29 bits per heavy atom. The van der Waals surface area contributed by atoms with Crippen LogP contribution >= 0.6 is 11.8 Å². The second kappa shape index (κ2) is 5.72. The summed E-state index contributed by atoms with van der Waals surface area (Å²) < 4.78 is 0. The Morgan fingerprint density at radius 3 is 2.71 bits per heavy atom. The van der Waals surface area contributed by atoms with Crippen molar-refractivity contribution < 1.29 is 9.59 Å². The number of rotatable bonds is 4. The number of hydrogen-bond acceptors (Lipinski definition) is 4. The molecule has 0 saturated carbocycles. The van der Waals surface area contributed by atoms with Crippen LogP contribution in [-0.2, 0) is 9.59 Å². The van der Waals surface area contributed by atoms with Crippen LogP contribution in [0, 0.1) is 5.41 Å². The van der Waals surface area contributed by atoms with Crippen molar-refractivity contribution in [3.63, 3.8) is 0 Å². The van der Waals surface area contributed by atoms with E-state index in [-0.39, 0.29) is 17.2 Å². The third-order valence-corrected chi connectivity index (χ3v) is 5.70. The number of carbonyl (C=O) groups is 2. The largest absolute Gasteiger partial charge is 0.373 e. The summed E-state index contributed by atoms with van der Waals surface area (Å²) in [7, 11) is 1.99. The molecular weight excluding hydrogens is 284 g/mol. The summed E-state index contributed by atoms with van der Waals surface area (Å²) in [6.07, 6.45) is 1.27. The molecule has 2 fully saturated rings. The zero-order valence-corrected chi connectivity index (χ0v) is 13.1. The van der Waals surface area contributed by atoms with Crippen LogP contribution in [0.4, 0.5) is 5.69 Å². The van der Waals surface area contributed by atoms with Crippen LogP contribution < -0.4 is 4.90 Å². The summed E-state index contributed by atoms with van der Waals surface area (Å²) in [5.74, 6) is 1.86. The fourth-order valence-corrected chi connectivity index (χ4v) is 4.50. The molecule has 0 bridgehead atoms. The molecule has 4 nitrogen and oxygen atoms in total. The average molecular weight is 304 g/mol. The Bertz CT molecular complexity index is 540. The number of hydrogen-bond donors (Lipinski definition) is 0. The molecule has 1 atom stereocenters. The lowest BCUT2D eigenvalue weighted by atomic mass is 9.86. The molecular formula is C16H20N2O2S. The molecule has 1 unspecified atom stereocenters. The van der Waals surface area contributed by atoms with Gasteiger partial charge in [0.05, 0.1) is 5.41 Å². The highest BCUT2D eigenvalue weighted by Gasteiger charge is 2.52. The van der Waals surface area contributed by atoms with Crippen LogP contribution in [0.1, 0.15) is 12.8 Å². The quantitative estimate of drug-likeness (QED) is 0.798. The Balaban J connectivity index is 1.63. The molecule has 0 aromatic heterocycles. The monoisotopic (exact) mass is 304 g/mol. The van der Waals surface area contributed by atoms with Crippen LogP contribution in [0.3, 0.4) is 0 Å². The third-order valence-electron chi connectivity index (χ3n) is 4.45. The Kier molecular flexibility index (Phi) is 3.93. The molecule has 3 rings (SSSR count). The van der Waals surface area contributed by atoms with E-state index in [0.717, 1.165) is 23.6 Å². The standard InChI is InChI=1S/C16H20N2O2S/c1-17(13-5-3-2-4-6-13)8-9-18-14(19)11-16(15(18)20)7-10-21-12-16/h2-6H,7-12H2,1H3. The van der Waals surface area contributed by atoms with E-state index in [4.69, 9.17) is 0 Å². The molecule has 2 amide bonds. The zero-order chi connectivity index (χ0) is 14.9. The maximum Gasteiger partial charge on any atom is 0.236 e. The fraction of sp³-hybridized carbons (Fsp3) is 0.500. The first kappa shape index (κ1) is 14.4. The second-order valence-electron chi connectivity index (χ2n) is 5.87. The molecule has 21 heavy (non-hydrogen) atoms. The minimum absolute atomic E-state index is 0.00367. The molecule has 2 heterocycles. The van der Waals surface area contributed by atoms with Gasteiger partial charge >= 0.3 is 0 Å². The van der Waals surface area contributed by atoms with Crippen molar-refractivity contribution in [3.8, 4) is 0 Å². The molecule has 1 spiro atoms. The van der Waals surface area contributed by atoms with E-state index in [1.807, 2.05) is 37.4 Å². The van der Waals surface area contributed by atoms with Gasteiger partial charge < -0.3 is 4.90 Å². The number of likely N-dealkylation sites (N-methyl/N-ethyl adjacent to an activating group) is 1. The van der Waals surface area contributed by atoms with Gasteiger partial charge in [-0.15, -0.1) is 0 Å². The van der Waals surface area contributed by atoms with Crippen LogP contribution in [-0.4, -0.2) is 48.4 Å². The van der Waals surface area contributed by atoms with Crippen molar-refractivity contribution in [1.29, 1.82) is 0 Å². The van der Waals surface area contributed by atoms with Crippen molar-refractivity contribution >= 4 is 29.3 Å². The van der Waals surface area contributed by atoms with Crippen molar-refractivity contribution in [2.45, 2.75) is 12.8 Å². The second-order valence-corrected chi connectivity index (χ2v) is 6.97. The van der Waals surface area contributed by atoms with E-state index in [1.54, 1.807) is 11.8 Å². The first-order valence-corrected chi connectivity index (χ1v) is 8.47. The molecule has 2 saturated heterocycles. The van der Waals surface area contributed by atoms with Gasteiger partial charge in [-0.05, 0) is 24.3 Å². The van der Waals surface area contributed by atoms with Gasteiger partial charge in [0.25, 0.3) is 0 Å². The summed E-state index contributed by atoms with van der Waals surface area (Å²) >= 11 is 1.79. The number of amides is 2. The lowest BCUT2D eigenvalue weighted by molar-refractivity contribution is -0.140. The molecule has 2 aliphatic rings. The number of thioether (sulfide) groups is 1. The first-order valence-electron chi connectivity index (χ1n) is 7.31. The summed E-state index contributed by atoms with van der Waals surface area (Å²) in [6.45, 7) is 1.15. The van der Waals surface area contributed by atoms with Crippen molar-refractivity contribution in [2.75, 3.05) is 36.5 Å². The van der Waals surface area contributed by atoms with Gasteiger partial charge in [0.1, 0.15) is 0 Å². The third kappa shape index (κ3) is 2.67. The van der Waals surface area contributed by atoms with Gasteiger partial charge in [-0.3, -0.25) is 14.5 Å². The molecule has 1 aromatic rings. The predicted octanol–water partition coefficient (Wildman–Crippen LogP) is 2.00. The smallest absolute Gasteiger partial charge is 0.236 e. The molecule has 112 valence electrons. The number of likely N-dealkylation sites (tertiary alicyclic amines) is 1. The fourth-order valence-electron chi connectivity index (χ4n) is 3.06. The van der Waals surface area contributed by atoms with Crippen molar-refractivity contribution in [2.24, 2.45) is 5.41 Å². The van der Waals surface area contributed by atoms with Crippen LogP contribution in [0.25, 0.3) is 0 Å². The first-order chi connectivity index (χ1) is 10.1. The highest BCUT2D eigenvalue weighted by molar-refractivity contribution is 7.99. The molecule has 2 aliphatic heterocycles. The number of benzene rings is 1. The predicted molar refractivity (Wildman–Crippen MR) is 85.4 cm³/mol. The molecule has 1 aromatic carbocycles. The Morgan fingerprint density at radius 2 is 2.05 bits per heavy atom. The maximum absolute atomic E-state index is 12.6. The van der Waals surface area contributed by atoms with Gasteiger partial charge in [-0.1, -0.05) is 18.2 Å². The normalized spacial score (nSPS) is 25.1. The van der Waals surface area contributed by atoms with Crippen LogP contribution in [0.2, 0.25) is 0 Å². The van der Waals surface area contributed by atoms with E-state index in [1.165, 1.54) is 4.90 Å². The molecule has 0 N–H and O–H groups in total. The van der Waals surface area contributed by atoms with Gasteiger partial charge in [-0.2, -0.15) is 11.8 Å². The van der Waals surface area contributed by atoms with E-state index in [9.17, 15) is 9.59 Å². The number of nitrogens with zero attached hydrogens (tertiary/aromatic N) is 2. The minimum Gasteiger partial charge on any atom is -0.373 e. The van der Waals surface area contributed by atoms with Crippen LogP contribution in [0.5, 0.6) is 0 Å². The van der Waals surface area contributed by atoms with Crippen LogP contribution in [0.15, 0.2) is 30.3 Å². The Hall–Kier alpha value is -1.49. The number of para-hydroxylation sites is 1. The van der Waals surface area contributed by atoms with E-state index < -0.39 is 0 Å². The number of anilines is 1. The molecule has 0 aliphatic carbocycles. The van der Waals surface area contributed by atoms with Gasteiger partial charge in [-0.25, -0.2) is 0 Å². The maximum atomic E-state index is 12.6. The Labute approximate surface area is 129 Å². The highest BCUT2D eigenvalue weighted by atomic mass is 32.2. The zero-order valence-electron chi connectivity index (χ0n) is 12.2. The van der Waals surface area contributed by atoms with Gasteiger partial charge in [0, 0.05) is 38.0 Å². The summed E-state index contributed by atoms with van der Waals surface area (Å²) in [5.41, 5.74) is 0.718. The summed E-state index contributed by atoms with van der Waals surface area (Å²) in [5, 5.41) is 0. The lowest BCUT2D eigenvalue weighted by Crippen LogP contribution is -2.40. The van der Waals surface area contributed by atoms with Gasteiger partial charge in [0.15, 0.2) is 0 Å². The number of carbonyl (C=O) groups excluding carboxylic acids is 2. The summed E-state index contributed by atoms with van der Waals surface area (Å²) in [4.78, 5) is 28.3. The average Bonchev–Trinajstić information content (AvgIpc) is 3.05. The SMILES string of the molecule is CN(CCN1C(=O)CC2(CCSC2)C1=O)c1ccccc1. The number of imide groups is 1. The summed E-state index contributed by atoms with van der Waals surface area (Å²) in [6, 6.07) is 10.0.